The lowest BCUT2D eigenvalue weighted by atomic mass is 9.95. The summed E-state index contributed by atoms with van der Waals surface area (Å²) in [5.74, 6) is -0.854. The summed E-state index contributed by atoms with van der Waals surface area (Å²) in [5, 5.41) is 9.76. The molecule has 8 heteroatoms. The van der Waals surface area contributed by atoms with E-state index in [9.17, 15) is 14.0 Å². The van der Waals surface area contributed by atoms with Gasteiger partial charge in [0.2, 0.25) is 5.91 Å². The van der Waals surface area contributed by atoms with Crippen LogP contribution in [0.5, 0.6) is 0 Å². The number of aryl methyl sites for hydroxylation is 1. The lowest BCUT2D eigenvalue weighted by molar-refractivity contribution is -0.121. The number of likely N-dealkylation sites (tertiary alicyclic amines) is 1. The lowest BCUT2D eigenvalue weighted by Gasteiger charge is -2.31. The van der Waals surface area contributed by atoms with E-state index >= 15 is 0 Å². The topological polar surface area (TPSA) is 91.0 Å². The number of benzene rings is 1. The number of aromatic nitrogens is 3. The van der Waals surface area contributed by atoms with Gasteiger partial charge in [0.1, 0.15) is 11.5 Å². The van der Waals surface area contributed by atoms with Crippen LogP contribution in [0.2, 0.25) is 0 Å². The molecule has 0 aliphatic carbocycles. The number of carbonyl (C=O) groups is 2. The van der Waals surface area contributed by atoms with Crippen LogP contribution in [-0.4, -0.2) is 45.0 Å². The molecule has 2 amide bonds. The van der Waals surface area contributed by atoms with Crippen molar-refractivity contribution in [3.8, 4) is 11.3 Å². The number of pyridine rings is 1. The summed E-state index contributed by atoms with van der Waals surface area (Å²) in [6.07, 6.45) is 4.47. The van der Waals surface area contributed by atoms with Crippen molar-refractivity contribution in [2.75, 3.05) is 18.4 Å². The van der Waals surface area contributed by atoms with Crippen molar-refractivity contribution in [3.63, 3.8) is 0 Å². The quantitative estimate of drug-likeness (QED) is 0.693. The van der Waals surface area contributed by atoms with Crippen molar-refractivity contribution >= 4 is 17.5 Å². The maximum Gasteiger partial charge on any atom is 0.271 e. The molecule has 3 heterocycles. The third kappa shape index (κ3) is 4.22. The number of piperidine rings is 1. The molecule has 3 aromatic rings. The number of hydrogen-bond donors (Lipinski definition) is 2. The Kier molecular flexibility index (Phi) is 5.56. The average Bonchev–Trinajstić information content (AvgIpc) is 3.27. The van der Waals surface area contributed by atoms with Crippen LogP contribution in [0.15, 0.2) is 48.8 Å². The number of carbonyl (C=O) groups excluding carboxylic acids is 2. The number of nitrogens with zero attached hydrogens (tertiary/aromatic N) is 3. The lowest BCUT2D eigenvalue weighted by Crippen LogP contribution is -2.41. The Morgan fingerprint density at radius 3 is 2.70 bits per heavy atom. The van der Waals surface area contributed by atoms with Gasteiger partial charge in [-0.2, -0.15) is 5.10 Å². The number of nitrogens with one attached hydrogen (secondary N) is 2. The standard InChI is InChI=1S/C22H22FN5O2/c1-14-4-5-17(11-18(14)23)25-21(29)15-6-9-28(10-7-15)22(30)20-12-19(26-27-20)16-3-2-8-24-13-16/h2-5,8,11-13,15H,6-7,9-10H2,1H3,(H,25,29)(H,26,27). The van der Waals surface area contributed by atoms with Crippen molar-refractivity contribution in [1.82, 2.24) is 20.1 Å². The van der Waals surface area contributed by atoms with E-state index in [1.165, 1.54) is 6.07 Å². The van der Waals surface area contributed by atoms with Gasteiger partial charge >= 0.3 is 0 Å². The molecule has 1 saturated heterocycles. The van der Waals surface area contributed by atoms with Gasteiger partial charge < -0.3 is 10.2 Å². The van der Waals surface area contributed by atoms with Gasteiger partial charge in [0.15, 0.2) is 0 Å². The van der Waals surface area contributed by atoms with Gasteiger partial charge in [0, 0.05) is 42.7 Å². The van der Waals surface area contributed by atoms with E-state index in [0.29, 0.717) is 48.6 Å². The van der Waals surface area contributed by atoms with Crippen LogP contribution < -0.4 is 5.32 Å². The molecule has 1 aromatic carbocycles. The molecule has 1 fully saturated rings. The van der Waals surface area contributed by atoms with Crippen LogP contribution in [0.1, 0.15) is 28.9 Å². The summed E-state index contributed by atoms with van der Waals surface area (Å²) < 4.78 is 13.7. The third-order valence-electron chi connectivity index (χ3n) is 5.36. The predicted octanol–water partition coefficient (Wildman–Crippen LogP) is 3.41. The fraction of sp³-hybridized carbons (Fsp3) is 0.273. The van der Waals surface area contributed by atoms with Crippen LogP contribution in [0.4, 0.5) is 10.1 Å². The van der Waals surface area contributed by atoms with Gasteiger partial charge in [0.25, 0.3) is 5.91 Å². The molecule has 0 bridgehead atoms. The predicted molar refractivity (Wildman–Crippen MR) is 110 cm³/mol. The second kappa shape index (κ2) is 8.44. The molecule has 0 spiro atoms. The molecule has 2 N–H and O–H groups in total. The Bertz CT molecular complexity index is 1060. The zero-order valence-electron chi connectivity index (χ0n) is 16.6. The summed E-state index contributed by atoms with van der Waals surface area (Å²) in [6, 6.07) is 10.0. The van der Waals surface area contributed by atoms with Gasteiger partial charge in [-0.05, 0) is 55.7 Å². The van der Waals surface area contributed by atoms with Crippen LogP contribution in [0.25, 0.3) is 11.3 Å². The maximum atomic E-state index is 13.7. The fourth-order valence-corrected chi connectivity index (χ4v) is 3.52. The summed E-state index contributed by atoms with van der Waals surface area (Å²) in [5.41, 5.74) is 2.88. The van der Waals surface area contributed by atoms with E-state index in [0.717, 1.165) is 5.56 Å². The molecule has 7 nitrogen and oxygen atoms in total. The molecular formula is C22H22FN5O2. The first-order valence-electron chi connectivity index (χ1n) is 9.83. The van der Waals surface area contributed by atoms with Crippen LogP contribution in [0, 0.1) is 18.7 Å². The van der Waals surface area contributed by atoms with E-state index in [-0.39, 0.29) is 23.5 Å². The summed E-state index contributed by atoms with van der Waals surface area (Å²) in [6.45, 7) is 2.62. The van der Waals surface area contributed by atoms with E-state index in [1.54, 1.807) is 42.4 Å². The molecule has 30 heavy (non-hydrogen) atoms. The Morgan fingerprint density at radius 2 is 2.00 bits per heavy atom. The molecule has 2 aromatic heterocycles. The molecular weight excluding hydrogens is 385 g/mol. The molecule has 4 rings (SSSR count). The summed E-state index contributed by atoms with van der Waals surface area (Å²) in [7, 11) is 0. The van der Waals surface area contributed by atoms with Gasteiger partial charge in [-0.25, -0.2) is 4.39 Å². The maximum absolute atomic E-state index is 13.7. The minimum Gasteiger partial charge on any atom is -0.337 e. The molecule has 1 aliphatic heterocycles. The largest absolute Gasteiger partial charge is 0.337 e. The highest BCUT2D eigenvalue weighted by atomic mass is 19.1. The Morgan fingerprint density at radius 1 is 1.20 bits per heavy atom. The molecule has 0 atom stereocenters. The SMILES string of the molecule is Cc1ccc(NC(=O)C2CCN(C(=O)c3cc(-c4cccnc4)n[nH]3)CC2)cc1F. The summed E-state index contributed by atoms with van der Waals surface area (Å²) >= 11 is 0. The van der Waals surface area contributed by atoms with E-state index in [1.807, 2.05) is 12.1 Å². The van der Waals surface area contributed by atoms with Crippen LogP contribution in [0.3, 0.4) is 0 Å². The second-order valence-corrected chi connectivity index (χ2v) is 7.43. The average molecular weight is 407 g/mol. The van der Waals surface area contributed by atoms with Crippen molar-refractivity contribution in [2.24, 2.45) is 5.92 Å². The first kappa shape index (κ1) is 19.8. The third-order valence-corrected chi connectivity index (χ3v) is 5.36. The number of H-pyrrole nitrogens is 1. The van der Waals surface area contributed by atoms with Crippen LogP contribution in [-0.2, 0) is 4.79 Å². The van der Waals surface area contributed by atoms with E-state index in [4.69, 9.17) is 0 Å². The highest BCUT2D eigenvalue weighted by Crippen LogP contribution is 2.23. The molecule has 154 valence electrons. The number of rotatable bonds is 4. The van der Waals surface area contributed by atoms with Gasteiger partial charge in [-0.3, -0.25) is 19.7 Å². The first-order chi connectivity index (χ1) is 14.5. The first-order valence-corrected chi connectivity index (χ1v) is 9.83. The van der Waals surface area contributed by atoms with Gasteiger partial charge in [0.05, 0.1) is 5.69 Å². The van der Waals surface area contributed by atoms with Crippen molar-refractivity contribution in [3.05, 3.63) is 65.9 Å². The number of anilines is 1. The smallest absolute Gasteiger partial charge is 0.271 e. The molecule has 0 unspecified atom stereocenters. The number of halogens is 1. The minimum absolute atomic E-state index is 0.142. The Labute approximate surface area is 173 Å². The Hall–Kier alpha value is -3.55. The minimum atomic E-state index is -0.349. The highest BCUT2D eigenvalue weighted by Gasteiger charge is 2.28. The fourth-order valence-electron chi connectivity index (χ4n) is 3.52. The monoisotopic (exact) mass is 407 g/mol. The van der Waals surface area contributed by atoms with Crippen molar-refractivity contribution in [1.29, 1.82) is 0 Å². The Balaban J connectivity index is 1.34. The zero-order valence-corrected chi connectivity index (χ0v) is 16.6. The zero-order chi connectivity index (χ0) is 21.1. The summed E-state index contributed by atoms with van der Waals surface area (Å²) in [4.78, 5) is 31.1. The highest BCUT2D eigenvalue weighted by molar-refractivity contribution is 5.95. The normalized spacial score (nSPS) is 14.5. The van der Waals surface area contributed by atoms with Crippen molar-refractivity contribution in [2.45, 2.75) is 19.8 Å². The second-order valence-electron chi connectivity index (χ2n) is 7.43. The molecule has 0 radical (unpaired) electrons. The molecule has 1 aliphatic rings. The van der Waals surface area contributed by atoms with E-state index in [2.05, 4.69) is 20.5 Å². The van der Waals surface area contributed by atoms with Crippen LogP contribution >= 0.6 is 0 Å². The molecule has 0 saturated carbocycles. The van der Waals surface area contributed by atoms with Gasteiger partial charge in [-0.15, -0.1) is 0 Å². The van der Waals surface area contributed by atoms with Crippen molar-refractivity contribution < 1.29 is 14.0 Å². The van der Waals surface area contributed by atoms with Gasteiger partial charge in [-0.1, -0.05) is 6.07 Å². The van der Waals surface area contributed by atoms with E-state index < -0.39 is 0 Å². The number of aromatic amines is 1. The number of hydrogen-bond acceptors (Lipinski definition) is 4. The number of amides is 2.